The maximum atomic E-state index is 2.56. The lowest BCUT2D eigenvalue weighted by Gasteiger charge is -2.36. The van der Waals surface area contributed by atoms with Crippen LogP contribution >= 0.6 is 0 Å². The monoisotopic (exact) mass is 907 g/mol. The van der Waals surface area contributed by atoms with E-state index in [1.807, 2.05) is 0 Å². The van der Waals surface area contributed by atoms with Crippen molar-refractivity contribution in [3.63, 3.8) is 0 Å². The molecule has 1 nitrogen and oxygen atoms in total. The molecule has 0 radical (unpaired) electrons. The fourth-order valence-corrected chi connectivity index (χ4v) is 15.6. The summed E-state index contributed by atoms with van der Waals surface area (Å²) in [6.45, 7) is 0. The van der Waals surface area contributed by atoms with Gasteiger partial charge in [0.25, 0.3) is 0 Å². The number of anilines is 3. The van der Waals surface area contributed by atoms with Crippen molar-refractivity contribution < 1.29 is 0 Å². The predicted octanol–water partition coefficient (Wildman–Crippen LogP) is 15.5. The molecule has 12 aromatic carbocycles. The lowest BCUT2D eigenvalue weighted by molar-refractivity contribution is 1.29. The molecule has 2 heteroatoms. The zero-order chi connectivity index (χ0) is 46.7. The molecular formula is C68H49NSi. The molecule has 0 aromatic heterocycles. The lowest BCUT2D eigenvalue weighted by atomic mass is 9.85. The molecule has 0 fully saturated rings. The third-order valence-electron chi connectivity index (χ3n) is 14.0. The van der Waals surface area contributed by atoms with Crippen molar-refractivity contribution >= 4 is 67.4 Å². The molecule has 70 heavy (non-hydrogen) atoms. The molecule has 0 bridgehead atoms. The zero-order valence-corrected chi connectivity index (χ0v) is 39.7. The molecule has 0 aliphatic carbocycles. The van der Waals surface area contributed by atoms with Crippen LogP contribution in [0.5, 0.6) is 0 Å². The van der Waals surface area contributed by atoms with E-state index >= 15 is 0 Å². The van der Waals surface area contributed by atoms with E-state index in [9.17, 15) is 0 Å². The third-order valence-corrected chi connectivity index (χ3v) is 18.7. The Bertz CT molecular complexity index is 3530. The fraction of sp³-hybridized carbons (Fsp3) is 0. The highest BCUT2D eigenvalue weighted by atomic mass is 28.3. The second-order valence-electron chi connectivity index (χ2n) is 18.0. The highest BCUT2D eigenvalue weighted by molar-refractivity contribution is 7.20. The Morgan fingerprint density at radius 1 is 0.200 bits per heavy atom. The van der Waals surface area contributed by atoms with Gasteiger partial charge in [0, 0.05) is 17.1 Å². The Kier molecular flexibility index (Phi) is 11.4. The van der Waals surface area contributed by atoms with E-state index in [0.717, 1.165) is 17.1 Å². The topological polar surface area (TPSA) is 3.24 Å². The Labute approximate surface area is 411 Å². The first kappa shape index (κ1) is 42.5. The van der Waals surface area contributed by atoms with E-state index in [2.05, 4.69) is 302 Å². The summed E-state index contributed by atoms with van der Waals surface area (Å²) in [5, 5.41) is 10.2. The molecule has 0 amide bonds. The predicted molar refractivity (Wildman–Crippen MR) is 301 cm³/mol. The van der Waals surface area contributed by atoms with Crippen molar-refractivity contribution in [1.29, 1.82) is 0 Å². The van der Waals surface area contributed by atoms with Gasteiger partial charge in [-0.1, -0.05) is 261 Å². The maximum Gasteiger partial charge on any atom is 0.179 e. The molecule has 0 aliphatic rings. The summed E-state index contributed by atoms with van der Waals surface area (Å²) in [6.07, 6.45) is 0. The molecule has 0 spiro atoms. The summed E-state index contributed by atoms with van der Waals surface area (Å²) in [4.78, 5) is 2.47. The maximum absolute atomic E-state index is 3.09. The second-order valence-corrected chi connectivity index (χ2v) is 21.8. The fourth-order valence-electron chi connectivity index (χ4n) is 10.8. The molecule has 12 rings (SSSR count). The molecule has 0 unspecified atom stereocenters. The Balaban J connectivity index is 1.22. The van der Waals surface area contributed by atoms with Crippen molar-refractivity contribution in [3.8, 4) is 44.5 Å². The van der Waals surface area contributed by atoms with Crippen LogP contribution in [0.3, 0.4) is 0 Å². The van der Waals surface area contributed by atoms with Gasteiger partial charge < -0.3 is 4.90 Å². The summed E-state index contributed by atoms with van der Waals surface area (Å²) in [5.41, 5.74) is 12.8. The summed E-state index contributed by atoms with van der Waals surface area (Å²) >= 11 is 0. The highest BCUT2D eigenvalue weighted by Gasteiger charge is 2.42. The summed E-state index contributed by atoms with van der Waals surface area (Å²) in [7, 11) is -3.09. The van der Waals surface area contributed by atoms with Crippen molar-refractivity contribution in [3.05, 3.63) is 297 Å². The van der Waals surface area contributed by atoms with Crippen LogP contribution < -0.4 is 25.6 Å². The van der Waals surface area contributed by atoms with Crippen molar-refractivity contribution in [2.45, 2.75) is 0 Å². The van der Waals surface area contributed by atoms with Gasteiger partial charge in [-0.15, -0.1) is 0 Å². The van der Waals surface area contributed by atoms with E-state index in [1.54, 1.807) is 0 Å². The first-order valence-electron chi connectivity index (χ1n) is 24.2. The van der Waals surface area contributed by atoms with Gasteiger partial charge in [0.2, 0.25) is 0 Å². The number of nitrogens with zero attached hydrogens (tertiary/aromatic N) is 1. The number of benzene rings is 12. The summed E-state index contributed by atoms with van der Waals surface area (Å²) < 4.78 is 0. The summed E-state index contributed by atoms with van der Waals surface area (Å²) in [5.74, 6) is 0. The smallest absolute Gasteiger partial charge is 0.179 e. The first-order chi connectivity index (χ1) is 34.7. The van der Waals surface area contributed by atoms with Crippen LogP contribution in [-0.4, -0.2) is 8.07 Å². The van der Waals surface area contributed by atoms with Crippen LogP contribution in [0, 0.1) is 0 Å². The van der Waals surface area contributed by atoms with E-state index < -0.39 is 8.07 Å². The van der Waals surface area contributed by atoms with E-state index in [1.165, 1.54) is 86.8 Å². The van der Waals surface area contributed by atoms with Gasteiger partial charge in [0.1, 0.15) is 0 Å². The van der Waals surface area contributed by atoms with Crippen LogP contribution in [0.2, 0.25) is 0 Å². The molecule has 0 saturated heterocycles. The highest BCUT2D eigenvalue weighted by Crippen LogP contribution is 2.46. The van der Waals surface area contributed by atoms with Crippen LogP contribution in [0.25, 0.3) is 66.1 Å². The van der Waals surface area contributed by atoms with E-state index in [-0.39, 0.29) is 0 Å². The molecule has 0 aliphatic heterocycles. The zero-order valence-electron chi connectivity index (χ0n) is 38.7. The molecule has 330 valence electrons. The Morgan fingerprint density at radius 2 is 0.514 bits per heavy atom. The average Bonchev–Trinajstić information content (AvgIpc) is 3.45. The molecular weight excluding hydrogens is 859 g/mol. The van der Waals surface area contributed by atoms with Gasteiger partial charge in [-0.25, -0.2) is 0 Å². The van der Waals surface area contributed by atoms with Crippen LogP contribution in [-0.2, 0) is 0 Å². The number of fused-ring (bicyclic) bond motifs is 3. The van der Waals surface area contributed by atoms with Crippen LogP contribution in [0.1, 0.15) is 0 Å². The van der Waals surface area contributed by atoms with Gasteiger partial charge in [-0.3, -0.25) is 0 Å². The van der Waals surface area contributed by atoms with Crippen molar-refractivity contribution in [1.82, 2.24) is 0 Å². The average molecular weight is 908 g/mol. The van der Waals surface area contributed by atoms with Crippen molar-refractivity contribution in [2.24, 2.45) is 0 Å². The van der Waals surface area contributed by atoms with Gasteiger partial charge >= 0.3 is 0 Å². The number of hydrogen-bond donors (Lipinski definition) is 0. The third kappa shape index (κ3) is 7.71. The minimum absolute atomic E-state index is 1.08. The molecule has 0 N–H and O–H groups in total. The first-order valence-corrected chi connectivity index (χ1v) is 26.2. The van der Waals surface area contributed by atoms with Crippen LogP contribution in [0.4, 0.5) is 17.1 Å². The molecule has 0 atom stereocenters. The quantitative estimate of drug-likeness (QED) is 0.0710. The Hall–Kier alpha value is -8.82. The largest absolute Gasteiger partial charge is 0.310 e. The lowest BCUT2D eigenvalue weighted by Crippen LogP contribution is -2.74. The molecule has 0 saturated carbocycles. The molecule has 12 aromatic rings. The standard InChI is InChI=1S/C68H49NSi/c1-7-23-50(24-8-1)52-39-43-56(44-40-52)69(57-45-41-53(42-46-57)51-25-9-2-10-26-51)58-47-55(68-66-38-22-20-36-64(66)63-35-19-21-37-65(63)67(68)54-27-11-3-12-28-54)48-62(49-58)70(59-29-13-4-14-30-59,60-31-15-5-16-32-60)61-33-17-6-18-34-61/h1-49H. The number of hydrogen-bond acceptors (Lipinski definition) is 1. The van der Waals surface area contributed by atoms with E-state index in [0.29, 0.717) is 0 Å². The van der Waals surface area contributed by atoms with Gasteiger partial charge in [0.15, 0.2) is 8.07 Å². The second kappa shape index (κ2) is 18.7. The van der Waals surface area contributed by atoms with Gasteiger partial charge in [0.05, 0.1) is 0 Å². The van der Waals surface area contributed by atoms with E-state index in [4.69, 9.17) is 0 Å². The minimum Gasteiger partial charge on any atom is -0.310 e. The number of rotatable bonds is 11. The SMILES string of the molecule is c1ccc(-c2ccc(N(c3ccc(-c4ccccc4)cc3)c3cc(-c4c(-c5ccccc5)c5ccccc5c5ccccc45)cc([Si](c4ccccc4)(c4ccccc4)c4ccccc4)c3)cc2)cc1. The van der Waals surface area contributed by atoms with Gasteiger partial charge in [-0.2, -0.15) is 0 Å². The summed E-state index contributed by atoms with van der Waals surface area (Å²) in [6, 6.07) is 110. The molecule has 0 heterocycles. The minimum atomic E-state index is -3.09. The van der Waals surface area contributed by atoms with Gasteiger partial charge in [-0.05, 0) is 123 Å². The van der Waals surface area contributed by atoms with Crippen LogP contribution in [0.15, 0.2) is 297 Å². The van der Waals surface area contributed by atoms with Crippen molar-refractivity contribution in [2.75, 3.05) is 4.90 Å². The Morgan fingerprint density at radius 3 is 0.914 bits per heavy atom. The normalized spacial score (nSPS) is 11.4.